The van der Waals surface area contributed by atoms with Gasteiger partial charge in [-0.05, 0) is 28.8 Å². The van der Waals surface area contributed by atoms with Gasteiger partial charge in [-0.3, -0.25) is 0 Å². The van der Waals surface area contributed by atoms with E-state index in [2.05, 4.69) is 9.97 Å². The molecule has 70 valence electrons. The van der Waals surface area contributed by atoms with E-state index in [1.807, 2.05) is 0 Å². The molecule has 4 nitrogen and oxygen atoms in total. The lowest BCUT2D eigenvalue weighted by molar-refractivity contribution is 0.513. The molecule has 1 heterocycles. The van der Waals surface area contributed by atoms with E-state index in [0.29, 0.717) is 5.30 Å². The number of aromatic amines is 1. The Kier molecular flexibility index (Phi) is 2.39. The number of H-pyrrole nitrogens is 1. The van der Waals surface area contributed by atoms with Gasteiger partial charge in [0.2, 0.25) is 5.30 Å². The van der Waals surface area contributed by atoms with Crippen molar-refractivity contribution in [2.45, 2.75) is 0 Å². The van der Waals surface area contributed by atoms with E-state index in [1.54, 1.807) is 36.7 Å². The Morgan fingerprint density at radius 2 is 2.00 bits per heavy atom. The number of rotatable bonds is 2. The highest BCUT2D eigenvalue weighted by molar-refractivity contribution is 7.47. The second-order valence-corrected chi connectivity index (χ2v) is 3.82. The third-order valence-corrected chi connectivity index (χ3v) is 2.60. The fourth-order valence-electron chi connectivity index (χ4n) is 1.17. The summed E-state index contributed by atoms with van der Waals surface area (Å²) in [6.07, 6.45) is 3.39. The van der Waals surface area contributed by atoms with Crippen LogP contribution in [-0.2, 0) is 4.57 Å². The molecule has 1 unspecified atom stereocenters. The SMILES string of the molecule is O=[P+](O)c1ccc(-c2ncc[nH]2)cc1. The summed E-state index contributed by atoms with van der Waals surface area (Å²) in [5, 5.41) is 0.426. The van der Waals surface area contributed by atoms with Gasteiger partial charge in [0.1, 0.15) is 5.82 Å². The van der Waals surface area contributed by atoms with E-state index in [9.17, 15) is 4.57 Å². The van der Waals surface area contributed by atoms with Gasteiger partial charge in [0.25, 0.3) is 0 Å². The van der Waals surface area contributed by atoms with Gasteiger partial charge in [-0.1, -0.05) is 0 Å². The summed E-state index contributed by atoms with van der Waals surface area (Å²) in [5.74, 6) is 0.754. The standard InChI is InChI=1S/C9H7N2O2P/c12-14(13)8-3-1-7(2-4-8)9-10-5-6-11-9/h1-6H,(H-,10,11,12,13)/p+1. The van der Waals surface area contributed by atoms with Crippen LogP contribution in [0.25, 0.3) is 11.4 Å². The molecule has 0 amide bonds. The van der Waals surface area contributed by atoms with Crippen molar-refractivity contribution in [1.82, 2.24) is 9.97 Å². The first-order valence-corrected chi connectivity index (χ1v) is 5.24. The Bertz CT molecular complexity index is 436. The number of aromatic nitrogens is 2. The van der Waals surface area contributed by atoms with Crippen LogP contribution < -0.4 is 5.30 Å². The highest BCUT2D eigenvalue weighted by Gasteiger charge is 2.15. The largest absolute Gasteiger partial charge is 0.546 e. The molecular formula is C9H8N2O2P+. The van der Waals surface area contributed by atoms with Crippen LogP contribution in [-0.4, -0.2) is 14.9 Å². The molecule has 5 heteroatoms. The molecule has 0 spiro atoms. The second kappa shape index (κ2) is 3.70. The summed E-state index contributed by atoms with van der Waals surface area (Å²) in [5.41, 5.74) is 0.899. The zero-order chi connectivity index (χ0) is 9.97. The van der Waals surface area contributed by atoms with E-state index in [4.69, 9.17) is 4.89 Å². The first-order chi connectivity index (χ1) is 6.77. The van der Waals surface area contributed by atoms with Crippen molar-refractivity contribution in [3.63, 3.8) is 0 Å². The molecule has 2 N–H and O–H groups in total. The maximum Gasteiger partial charge on any atom is 0.546 e. The minimum atomic E-state index is -2.25. The van der Waals surface area contributed by atoms with Crippen molar-refractivity contribution in [1.29, 1.82) is 0 Å². The maximum absolute atomic E-state index is 10.7. The lowest BCUT2D eigenvalue weighted by Gasteiger charge is -1.93. The van der Waals surface area contributed by atoms with Crippen LogP contribution in [0.2, 0.25) is 0 Å². The van der Waals surface area contributed by atoms with Crippen LogP contribution in [0.3, 0.4) is 0 Å². The highest BCUT2D eigenvalue weighted by Crippen LogP contribution is 2.17. The van der Waals surface area contributed by atoms with E-state index in [1.165, 1.54) is 0 Å². The minimum absolute atomic E-state index is 0.426. The fourth-order valence-corrected chi connectivity index (χ4v) is 1.57. The average molecular weight is 207 g/mol. The van der Waals surface area contributed by atoms with E-state index in [0.717, 1.165) is 11.4 Å². The van der Waals surface area contributed by atoms with Gasteiger partial charge in [0.05, 0.1) is 0 Å². The molecule has 1 aromatic heterocycles. The molecule has 0 saturated carbocycles. The first-order valence-electron chi connectivity index (χ1n) is 4.03. The van der Waals surface area contributed by atoms with E-state index < -0.39 is 8.03 Å². The van der Waals surface area contributed by atoms with E-state index in [-0.39, 0.29) is 0 Å². The molecule has 1 atom stereocenters. The number of nitrogens with one attached hydrogen (secondary N) is 1. The smallest absolute Gasteiger partial charge is 0.345 e. The van der Waals surface area contributed by atoms with Gasteiger partial charge in [-0.2, -0.15) is 4.89 Å². The molecule has 0 aliphatic rings. The van der Waals surface area contributed by atoms with E-state index >= 15 is 0 Å². The van der Waals surface area contributed by atoms with Crippen molar-refractivity contribution in [2.75, 3.05) is 0 Å². The first kappa shape index (κ1) is 9.06. The van der Waals surface area contributed by atoms with Gasteiger partial charge in [0, 0.05) is 18.0 Å². The summed E-state index contributed by atoms with van der Waals surface area (Å²) in [4.78, 5) is 15.9. The Hall–Kier alpha value is -1.51. The molecule has 0 bridgehead atoms. The summed E-state index contributed by atoms with van der Waals surface area (Å²) in [7, 11) is -2.25. The van der Waals surface area contributed by atoms with Crippen molar-refractivity contribution in [3.05, 3.63) is 36.7 Å². The average Bonchev–Trinajstić information content (AvgIpc) is 2.71. The number of hydrogen-bond donors (Lipinski definition) is 2. The molecular weight excluding hydrogens is 199 g/mol. The molecule has 0 aliphatic heterocycles. The summed E-state index contributed by atoms with van der Waals surface area (Å²) < 4.78 is 10.7. The Morgan fingerprint density at radius 3 is 2.50 bits per heavy atom. The number of benzene rings is 1. The predicted molar refractivity (Wildman–Crippen MR) is 53.5 cm³/mol. The Labute approximate surface area is 81.5 Å². The predicted octanol–water partition coefficient (Wildman–Crippen LogP) is 1.44. The molecule has 1 aromatic carbocycles. The number of imidazole rings is 1. The summed E-state index contributed by atoms with van der Waals surface area (Å²) in [6.45, 7) is 0. The van der Waals surface area contributed by atoms with Crippen LogP contribution in [0.4, 0.5) is 0 Å². The van der Waals surface area contributed by atoms with Crippen LogP contribution in [0.5, 0.6) is 0 Å². The Balaban J connectivity index is 2.36. The van der Waals surface area contributed by atoms with Gasteiger partial charge < -0.3 is 4.98 Å². The molecule has 0 fully saturated rings. The molecule has 0 saturated heterocycles. The molecule has 2 rings (SSSR count). The van der Waals surface area contributed by atoms with Crippen LogP contribution in [0.15, 0.2) is 36.7 Å². The van der Waals surface area contributed by atoms with Gasteiger partial charge >= 0.3 is 8.03 Å². The third-order valence-electron chi connectivity index (χ3n) is 1.86. The second-order valence-electron chi connectivity index (χ2n) is 2.76. The highest BCUT2D eigenvalue weighted by atomic mass is 31.1. The topological polar surface area (TPSA) is 66.0 Å². The summed E-state index contributed by atoms with van der Waals surface area (Å²) >= 11 is 0. The third kappa shape index (κ3) is 1.71. The molecule has 2 aromatic rings. The normalized spacial score (nSPS) is 11.4. The minimum Gasteiger partial charge on any atom is -0.345 e. The maximum atomic E-state index is 10.7. The van der Waals surface area contributed by atoms with Crippen LogP contribution in [0, 0.1) is 0 Å². The molecule has 0 aliphatic carbocycles. The Morgan fingerprint density at radius 1 is 1.29 bits per heavy atom. The van der Waals surface area contributed by atoms with Crippen LogP contribution in [0.1, 0.15) is 0 Å². The molecule has 0 radical (unpaired) electrons. The summed E-state index contributed by atoms with van der Waals surface area (Å²) in [6, 6.07) is 6.77. The zero-order valence-electron chi connectivity index (χ0n) is 7.21. The molecule has 14 heavy (non-hydrogen) atoms. The monoisotopic (exact) mass is 207 g/mol. The lowest BCUT2D eigenvalue weighted by Crippen LogP contribution is -1.94. The number of nitrogens with zero attached hydrogens (tertiary/aromatic N) is 1. The van der Waals surface area contributed by atoms with Crippen molar-refractivity contribution < 1.29 is 9.46 Å². The quantitative estimate of drug-likeness (QED) is 0.732. The van der Waals surface area contributed by atoms with Gasteiger partial charge in [-0.15, -0.1) is 0 Å². The van der Waals surface area contributed by atoms with Crippen molar-refractivity contribution in [3.8, 4) is 11.4 Å². The van der Waals surface area contributed by atoms with Crippen molar-refractivity contribution in [2.24, 2.45) is 0 Å². The lowest BCUT2D eigenvalue weighted by atomic mass is 10.2. The fraction of sp³-hybridized carbons (Fsp3) is 0. The van der Waals surface area contributed by atoms with Gasteiger partial charge in [0.15, 0.2) is 0 Å². The zero-order valence-corrected chi connectivity index (χ0v) is 8.11. The van der Waals surface area contributed by atoms with Gasteiger partial charge in [-0.25, -0.2) is 4.98 Å². The van der Waals surface area contributed by atoms with Crippen molar-refractivity contribution >= 4 is 13.3 Å². The number of hydrogen-bond acceptors (Lipinski definition) is 2. The van der Waals surface area contributed by atoms with Crippen LogP contribution >= 0.6 is 8.03 Å².